The Kier molecular flexibility index (Phi) is 4.40. The smallest absolute Gasteiger partial charge is 0.410 e. The third-order valence-electron chi connectivity index (χ3n) is 4.87. The van der Waals surface area contributed by atoms with Gasteiger partial charge in [0.05, 0.1) is 12.0 Å². The van der Waals surface area contributed by atoms with Crippen molar-refractivity contribution < 1.29 is 9.53 Å². The molecule has 1 aromatic carbocycles. The molecule has 0 aliphatic carbocycles. The molecule has 0 spiro atoms. The van der Waals surface area contributed by atoms with E-state index in [1.165, 1.54) is 11.3 Å². The predicted octanol–water partition coefficient (Wildman–Crippen LogP) is 3.59. The molecule has 3 atom stereocenters. The molecule has 0 saturated carbocycles. The maximum absolute atomic E-state index is 12.3. The van der Waals surface area contributed by atoms with E-state index in [2.05, 4.69) is 29.6 Å². The molecule has 3 rings (SSSR count). The number of nitrogens with one attached hydrogen (secondary N) is 1. The minimum atomic E-state index is -0.510. The summed E-state index contributed by atoms with van der Waals surface area (Å²) in [6.07, 6.45) is 0.518. The number of benzene rings is 1. The maximum atomic E-state index is 12.3. The molecule has 1 amide bonds. The van der Waals surface area contributed by atoms with E-state index in [0.29, 0.717) is 19.0 Å². The number of nitriles is 1. The van der Waals surface area contributed by atoms with Gasteiger partial charge in [-0.2, -0.15) is 5.26 Å². The third kappa shape index (κ3) is 3.33. The zero-order valence-corrected chi connectivity index (χ0v) is 14.6. The largest absolute Gasteiger partial charge is 0.444 e. The summed E-state index contributed by atoms with van der Waals surface area (Å²) in [5, 5.41) is 13.1. The molecule has 2 heterocycles. The van der Waals surface area contributed by atoms with Crippen LogP contribution in [0.4, 0.5) is 10.5 Å². The fraction of sp³-hybridized carbons (Fsp3) is 0.579. The van der Waals surface area contributed by atoms with Crippen molar-refractivity contribution in [1.29, 1.82) is 5.26 Å². The first-order chi connectivity index (χ1) is 11.4. The number of carbonyl (C=O) groups is 1. The first-order valence-corrected chi connectivity index (χ1v) is 8.59. The molecule has 2 aliphatic rings. The van der Waals surface area contributed by atoms with E-state index in [-0.39, 0.29) is 17.9 Å². The van der Waals surface area contributed by atoms with Gasteiger partial charge < -0.3 is 15.0 Å². The summed E-state index contributed by atoms with van der Waals surface area (Å²) in [7, 11) is 0. The van der Waals surface area contributed by atoms with Crippen LogP contribution in [0.15, 0.2) is 24.3 Å². The quantitative estimate of drug-likeness (QED) is 0.856. The minimum absolute atomic E-state index is 0.163. The van der Waals surface area contributed by atoms with Crippen LogP contribution in [-0.2, 0) is 4.74 Å². The van der Waals surface area contributed by atoms with Crippen LogP contribution >= 0.6 is 0 Å². The van der Waals surface area contributed by atoms with Crippen LogP contribution in [0, 0.1) is 23.2 Å². The van der Waals surface area contributed by atoms with Gasteiger partial charge in [-0.05, 0) is 44.7 Å². The second-order valence-corrected chi connectivity index (χ2v) is 7.69. The zero-order valence-electron chi connectivity index (χ0n) is 14.6. The lowest BCUT2D eigenvalue weighted by Gasteiger charge is -2.38. The molecule has 1 aromatic rings. The third-order valence-corrected chi connectivity index (χ3v) is 4.87. The van der Waals surface area contributed by atoms with Crippen molar-refractivity contribution in [2.45, 2.75) is 38.7 Å². The average molecular weight is 327 g/mol. The molecule has 1 saturated heterocycles. The lowest BCUT2D eigenvalue weighted by atomic mass is 9.75. The van der Waals surface area contributed by atoms with E-state index >= 15 is 0 Å². The molecule has 5 heteroatoms. The van der Waals surface area contributed by atoms with Gasteiger partial charge in [-0.1, -0.05) is 18.2 Å². The topological polar surface area (TPSA) is 65.4 Å². The maximum Gasteiger partial charge on any atom is 0.410 e. The summed E-state index contributed by atoms with van der Waals surface area (Å²) in [5.41, 5.74) is 1.96. The molecule has 0 bridgehead atoms. The van der Waals surface area contributed by atoms with Gasteiger partial charge in [0, 0.05) is 31.2 Å². The van der Waals surface area contributed by atoms with Crippen molar-refractivity contribution in [2.75, 3.05) is 25.0 Å². The van der Waals surface area contributed by atoms with Gasteiger partial charge in [0.2, 0.25) is 0 Å². The lowest BCUT2D eigenvalue weighted by Crippen LogP contribution is -2.46. The Morgan fingerprint density at radius 1 is 1.38 bits per heavy atom. The van der Waals surface area contributed by atoms with E-state index in [1.54, 1.807) is 4.90 Å². The van der Waals surface area contributed by atoms with Crippen molar-refractivity contribution in [3.05, 3.63) is 29.8 Å². The molecule has 3 unspecified atom stereocenters. The first kappa shape index (κ1) is 16.6. The highest BCUT2D eigenvalue weighted by Gasteiger charge is 2.40. The second kappa shape index (κ2) is 6.35. The number of hydrogen-bond acceptors (Lipinski definition) is 4. The lowest BCUT2D eigenvalue weighted by molar-refractivity contribution is 0.0129. The van der Waals surface area contributed by atoms with Crippen LogP contribution in [0.25, 0.3) is 0 Å². The first-order valence-electron chi connectivity index (χ1n) is 8.59. The van der Waals surface area contributed by atoms with Gasteiger partial charge in [-0.25, -0.2) is 4.79 Å². The van der Waals surface area contributed by atoms with Gasteiger partial charge in [0.25, 0.3) is 0 Å². The molecule has 24 heavy (non-hydrogen) atoms. The van der Waals surface area contributed by atoms with Gasteiger partial charge >= 0.3 is 6.09 Å². The van der Waals surface area contributed by atoms with Crippen molar-refractivity contribution in [3.8, 4) is 6.07 Å². The summed E-state index contributed by atoms with van der Waals surface area (Å²) in [5.74, 6) is 0.445. The number of ether oxygens (including phenoxy) is 1. The zero-order chi connectivity index (χ0) is 17.3. The van der Waals surface area contributed by atoms with Crippen molar-refractivity contribution in [2.24, 2.45) is 11.8 Å². The molecule has 1 fully saturated rings. The number of amides is 1. The molecule has 2 aliphatic heterocycles. The van der Waals surface area contributed by atoms with E-state index in [4.69, 9.17) is 4.74 Å². The number of hydrogen-bond donors (Lipinski definition) is 1. The Labute approximate surface area is 143 Å². The molecule has 0 radical (unpaired) electrons. The molecule has 1 N–H and O–H groups in total. The molecule has 5 nitrogen and oxygen atoms in total. The second-order valence-electron chi connectivity index (χ2n) is 7.69. The number of rotatable bonds is 1. The Bertz CT molecular complexity index is 659. The van der Waals surface area contributed by atoms with Gasteiger partial charge in [-0.15, -0.1) is 0 Å². The molecule has 0 aromatic heterocycles. The highest BCUT2D eigenvalue weighted by atomic mass is 16.6. The number of likely N-dealkylation sites (tertiary alicyclic amines) is 1. The highest BCUT2D eigenvalue weighted by Crippen LogP contribution is 2.42. The summed E-state index contributed by atoms with van der Waals surface area (Å²) >= 11 is 0. The van der Waals surface area contributed by atoms with Crippen LogP contribution in [0.5, 0.6) is 0 Å². The van der Waals surface area contributed by atoms with Crippen molar-refractivity contribution >= 4 is 11.8 Å². The monoisotopic (exact) mass is 327 g/mol. The van der Waals surface area contributed by atoms with Gasteiger partial charge in [0.1, 0.15) is 5.60 Å². The standard InChI is InChI=1S/C19H25N3O2/c1-19(2,3)24-18(23)22-9-8-14(13(10-20)12-22)16-11-21-17-7-5-4-6-15(16)17/h4-7,13-14,16,21H,8-9,11-12H2,1-3H3. The van der Waals surface area contributed by atoms with Crippen molar-refractivity contribution in [1.82, 2.24) is 4.90 Å². The number of fused-ring (bicyclic) bond motifs is 1. The van der Waals surface area contributed by atoms with Crippen LogP contribution in [0.2, 0.25) is 0 Å². The number of para-hydroxylation sites is 1. The van der Waals surface area contributed by atoms with E-state index < -0.39 is 5.60 Å². The van der Waals surface area contributed by atoms with Crippen LogP contribution in [0.3, 0.4) is 0 Å². The highest BCUT2D eigenvalue weighted by molar-refractivity contribution is 5.68. The van der Waals surface area contributed by atoms with Crippen LogP contribution < -0.4 is 5.32 Å². The predicted molar refractivity (Wildman–Crippen MR) is 92.7 cm³/mol. The van der Waals surface area contributed by atoms with Crippen molar-refractivity contribution in [3.63, 3.8) is 0 Å². The van der Waals surface area contributed by atoms with Gasteiger partial charge in [0.15, 0.2) is 0 Å². The number of nitrogens with zero attached hydrogens (tertiary/aromatic N) is 2. The molecular formula is C19H25N3O2. The normalized spacial score (nSPS) is 26.2. The Morgan fingerprint density at radius 3 is 2.83 bits per heavy atom. The fourth-order valence-electron chi connectivity index (χ4n) is 3.77. The number of piperidine rings is 1. The Hall–Kier alpha value is -2.22. The SMILES string of the molecule is CC(C)(C)OC(=O)N1CCC(C2CNc3ccccc32)C(C#N)C1. The summed E-state index contributed by atoms with van der Waals surface area (Å²) < 4.78 is 5.45. The average Bonchev–Trinajstić information content (AvgIpc) is 2.96. The van der Waals surface area contributed by atoms with E-state index in [1.807, 2.05) is 26.8 Å². The Balaban J connectivity index is 1.71. The number of carbonyl (C=O) groups excluding carboxylic acids is 1. The van der Waals surface area contributed by atoms with E-state index in [0.717, 1.165) is 13.0 Å². The van der Waals surface area contributed by atoms with E-state index in [9.17, 15) is 10.1 Å². The summed E-state index contributed by atoms with van der Waals surface area (Å²) in [4.78, 5) is 14.0. The van der Waals surface area contributed by atoms with Gasteiger partial charge in [-0.3, -0.25) is 0 Å². The fourth-order valence-corrected chi connectivity index (χ4v) is 3.77. The summed E-state index contributed by atoms with van der Waals surface area (Å²) in [6, 6.07) is 10.7. The van der Waals surface area contributed by atoms with Crippen LogP contribution in [0.1, 0.15) is 38.7 Å². The number of anilines is 1. The Morgan fingerprint density at radius 2 is 2.12 bits per heavy atom. The minimum Gasteiger partial charge on any atom is -0.444 e. The molecular weight excluding hydrogens is 302 g/mol. The molecule has 128 valence electrons. The summed E-state index contributed by atoms with van der Waals surface area (Å²) in [6.45, 7) is 7.56. The van der Waals surface area contributed by atoms with Crippen LogP contribution in [-0.4, -0.2) is 36.2 Å².